The average molecular weight is 307 g/mol. The lowest BCUT2D eigenvalue weighted by Gasteiger charge is -2.11. The Morgan fingerprint density at radius 3 is 2.38 bits per heavy atom. The maximum Gasteiger partial charge on any atom is 0.161 e. The van der Waals surface area contributed by atoms with Crippen molar-refractivity contribution in [3.05, 3.63) is 42.5 Å². The van der Waals surface area contributed by atoms with Gasteiger partial charge >= 0.3 is 0 Å². The van der Waals surface area contributed by atoms with E-state index in [2.05, 4.69) is 0 Å². The minimum Gasteiger partial charge on any atom is -0.494 e. The number of hydrogen-bond donors (Lipinski definition) is 0. The normalized spacial score (nSPS) is 10.2. The third kappa shape index (κ3) is 4.05. The molecule has 0 bridgehead atoms. The van der Waals surface area contributed by atoms with Gasteiger partial charge in [0.25, 0.3) is 0 Å². The molecule has 3 nitrogen and oxygen atoms in total. The molecule has 0 spiro atoms. The highest BCUT2D eigenvalue weighted by atomic mass is 35.5. The van der Waals surface area contributed by atoms with Crippen LogP contribution in [0.5, 0.6) is 17.2 Å². The molecule has 0 radical (unpaired) electrons. The van der Waals surface area contributed by atoms with Crippen LogP contribution in [0.15, 0.2) is 42.5 Å². The molecule has 0 saturated carbocycles. The fraction of sp³-hybridized carbons (Fsp3) is 0.294. The number of methoxy groups -OCH3 is 2. The van der Waals surface area contributed by atoms with Crippen molar-refractivity contribution in [1.82, 2.24) is 0 Å². The molecule has 0 unspecified atom stereocenters. The summed E-state index contributed by atoms with van der Waals surface area (Å²) in [5, 5.41) is 0. The standard InChI is InChI=1S/C17H19ClO3/c1-19-16-8-7-14(12-17(16)20-2)13-5-3-6-15(11-13)21-10-4-9-18/h3,5-8,11-12H,4,9-10H2,1-2H3. The lowest BCUT2D eigenvalue weighted by atomic mass is 10.0. The second-order valence-electron chi connectivity index (χ2n) is 4.49. The smallest absolute Gasteiger partial charge is 0.161 e. The third-order valence-electron chi connectivity index (χ3n) is 3.10. The van der Waals surface area contributed by atoms with Crippen LogP contribution in [0.4, 0.5) is 0 Å². The van der Waals surface area contributed by atoms with Crippen LogP contribution in [0.3, 0.4) is 0 Å². The molecule has 2 aromatic carbocycles. The summed E-state index contributed by atoms with van der Waals surface area (Å²) in [6.45, 7) is 0.624. The van der Waals surface area contributed by atoms with E-state index in [-0.39, 0.29) is 0 Å². The Kier molecular flexibility index (Phi) is 5.76. The van der Waals surface area contributed by atoms with Crippen molar-refractivity contribution in [2.75, 3.05) is 26.7 Å². The number of alkyl halides is 1. The predicted octanol–water partition coefficient (Wildman–Crippen LogP) is 4.38. The molecule has 4 heteroatoms. The van der Waals surface area contributed by atoms with Gasteiger partial charge < -0.3 is 14.2 Å². The van der Waals surface area contributed by atoms with Crippen molar-refractivity contribution < 1.29 is 14.2 Å². The van der Waals surface area contributed by atoms with Gasteiger partial charge in [-0.25, -0.2) is 0 Å². The van der Waals surface area contributed by atoms with Crippen LogP contribution in [0.1, 0.15) is 6.42 Å². The fourth-order valence-corrected chi connectivity index (χ4v) is 2.13. The number of hydrogen-bond acceptors (Lipinski definition) is 3. The van der Waals surface area contributed by atoms with Gasteiger partial charge in [-0.1, -0.05) is 18.2 Å². The minimum absolute atomic E-state index is 0.607. The Labute approximate surface area is 130 Å². The molecule has 2 aromatic rings. The molecule has 2 rings (SSSR count). The van der Waals surface area contributed by atoms with E-state index >= 15 is 0 Å². The number of rotatable bonds is 7. The van der Waals surface area contributed by atoms with Crippen molar-refractivity contribution in [3.8, 4) is 28.4 Å². The van der Waals surface area contributed by atoms with Gasteiger partial charge in [0.05, 0.1) is 20.8 Å². The molecular weight excluding hydrogens is 288 g/mol. The monoisotopic (exact) mass is 306 g/mol. The van der Waals surface area contributed by atoms with Gasteiger partial charge in [0.15, 0.2) is 11.5 Å². The molecule has 0 aliphatic carbocycles. The third-order valence-corrected chi connectivity index (χ3v) is 3.36. The van der Waals surface area contributed by atoms with Gasteiger partial charge in [-0.15, -0.1) is 11.6 Å². The van der Waals surface area contributed by atoms with Crippen LogP contribution in [0, 0.1) is 0 Å². The summed E-state index contributed by atoms with van der Waals surface area (Å²) in [7, 11) is 3.26. The Bertz CT molecular complexity index is 584. The van der Waals surface area contributed by atoms with E-state index in [0.717, 1.165) is 29.0 Å². The maximum atomic E-state index is 5.67. The summed E-state index contributed by atoms with van der Waals surface area (Å²) in [4.78, 5) is 0. The lowest BCUT2D eigenvalue weighted by Crippen LogP contribution is -1.97. The van der Waals surface area contributed by atoms with Gasteiger partial charge in [0, 0.05) is 5.88 Å². The largest absolute Gasteiger partial charge is 0.494 e. The van der Waals surface area contributed by atoms with E-state index in [1.54, 1.807) is 14.2 Å². The highest BCUT2D eigenvalue weighted by Crippen LogP contribution is 2.33. The first-order chi connectivity index (χ1) is 10.3. The zero-order valence-electron chi connectivity index (χ0n) is 12.3. The molecule has 21 heavy (non-hydrogen) atoms. The molecule has 0 saturated heterocycles. The van der Waals surface area contributed by atoms with Crippen molar-refractivity contribution in [2.24, 2.45) is 0 Å². The van der Waals surface area contributed by atoms with Gasteiger partial charge in [-0.05, 0) is 41.8 Å². The van der Waals surface area contributed by atoms with Crippen molar-refractivity contribution >= 4 is 11.6 Å². The first kappa shape index (κ1) is 15.5. The summed E-state index contributed by atoms with van der Waals surface area (Å²) in [5.41, 5.74) is 2.12. The molecule has 0 fully saturated rings. The van der Waals surface area contributed by atoms with Crippen LogP contribution < -0.4 is 14.2 Å². The molecule has 0 aliphatic rings. The highest BCUT2D eigenvalue weighted by molar-refractivity contribution is 6.17. The Morgan fingerprint density at radius 2 is 1.67 bits per heavy atom. The van der Waals surface area contributed by atoms with Crippen LogP contribution in [-0.4, -0.2) is 26.7 Å². The van der Waals surface area contributed by atoms with Gasteiger partial charge in [0.2, 0.25) is 0 Å². The Hall–Kier alpha value is -1.87. The summed E-state index contributed by atoms with van der Waals surface area (Å²) < 4.78 is 16.3. The lowest BCUT2D eigenvalue weighted by molar-refractivity contribution is 0.318. The minimum atomic E-state index is 0.607. The second-order valence-corrected chi connectivity index (χ2v) is 4.87. The quantitative estimate of drug-likeness (QED) is 0.561. The number of halogens is 1. The molecule has 0 N–H and O–H groups in total. The zero-order chi connectivity index (χ0) is 15.1. The van der Waals surface area contributed by atoms with E-state index in [0.29, 0.717) is 18.2 Å². The van der Waals surface area contributed by atoms with E-state index in [4.69, 9.17) is 25.8 Å². The van der Waals surface area contributed by atoms with Crippen molar-refractivity contribution in [1.29, 1.82) is 0 Å². The summed E-state index contributed by atoms with van der Waals surface area (Å²) >= 11 is 5.65. The van der Waals surface area contributed by atoms with Gasteiger partial charge in [-0.3, -0.25) is 0 Å². The van der Waals surface area contributed by atoms with Crippen LogP contribution >= 0.6 is 11.6 Å². The topological polar surface area (TPSA) is 27.7 Å². The summed E-state index contributed by atoms with van der Waals surface area (Å²) in [6.07, 6.45) is 0.835. The van der Waals surface area contributed by atoms with E-state index < -0.39 is 0 Å². The van der Waals surface area contributed by atoms with Gasteiger partial charge in [-0.2, -0.15) is 0 Å². The second kappa shape index (κ2) is 7.79. The zero-order valence-corrected chi connectivity index (χ0v) is 13.0. The van der Waals surface area contributed by atoms with Crippen LogP contribution in [0.2, 0.25) is 0 Å². The summed E-state index contributed by atoms with van der Waals surface area (Å²) in [6, 6.07) is 13.8. The van der Waals surface area contributed by atoms with Crippen molar-refractivity contribution in [3.63, 3.8) is 0 Å². The van der Waals surface area contributed by atoms with E-state index in [1.807, 2.05) is 42.5 Å². The van der Waals surface area contributed by atoms with Crippen LogP contribution in [-0.2, 0) is 0 Å². The SMILES string of the molecule is COc1ccc(-c2cccc(OCCCCl)c2)cc1OC. The molecule has 0 amide bonds. The van der Waals surface area contributed by atoms with Crippen LogP contribution in [0.25, 0.3) is 11.1 Å². The average Bonchev–Trinajstić information content (AvgIpc) is 2.54. The molecule has 112 valence electrons. The fourth-order valence-electron chi connectivity index (χ4n) is 2.03. The summed E-state index contributed by atoms with van der Waals surface area (Å²) in [5.74, 6) is 2.88. The van der Waals surface area contributed by atoms with Gasteiger partial charge in [0.1, 0.15) is 5.75 Å². The Morgan fingerprint density at radius 1 is 0.905 bits per heavy atom. The molecule has 0 atom stereocenters. The van der Waals surface area contributed by atoms with E-state index in [1.165, 1.54) is 0 Å². The highest BCUT2D eigenvalue weighted by Gasteiger charge is 2.07. The number of benzene rings is 2. The van der Waals surface area contributed by atoms with Crippen molar-refractivity contribution in [2.45, 2.75) is 6.42 Å². The predicted molar refractivity (Wildman–Crippen MR) is 85.8 cm³/mol. The first-order valence-electron chi connectivity index (χ1n) is 6.79. The molecular formula is C17H19ClO3. The molecule has 0 heterocycles. The number of ether oxygens (including phenoxy) is 3. The first-order valence-corrected chi connectivity index (χ1v) is 7.33. The Balaban J connectivity index is 2.23. The van der Waals surface area contributed by atoms with E-state index in [9.17, 15) is 0 Å². The maximum absolute atomic E-state index is 5.67. The molecule has 0 aromatic heterocycles. The molecule has 0 aliphatic heterocycles.